The molecule has 1 N–H and O–H groups in total. The molecule has 0 heterocycles. The van der Waals surface area contributed by atoms with E-state index in [0.29, 0.717) is 5.57 Å². The van der Waals surface area contributed by atoms with Crippen LogP contribution in [-0.4, -0.2) is 12.1 Å². The summed E-state index contributed by atoms with van der Waals surface area (Å²) in [7, 11) is 0. The molecule has 5 heteroatoms. The molecule has 0 saturated heterocycles. The molecule has 2 aromatic carbocycles. The molecule has 27 heavy (non-hydrogen) atoms. The second kappa shape index (κ2) is 7.71. The zero-order valence-electron chi connectivity index (χ0n) is 14.7. The third-order valence-corrected chi connectivity index (χ3v) is 4.41. The lowest BCUT2D eigenvalue weighted by atomic mass is 9.99. The Morgan fingerprint density at radius 3 is 2.67 bits per heavy atom. The summed E-state index contributed by atoms with van der Waals surface area (Å²) < 4.78 is 38.2. The van der Waals surface area contributed by atoms with Gasteiger partial charge in [0.05, 0.1) is 6.04 Å². The first-order valence-corrected chi connectivity index (χ1v) is 8.61. The van der Waals surface area contributed by atoms with Crippen LogP contribution in [0.3, 0.4) is 0 Å². The highest BCUT2D eigenvalue weighted by Gasteiger charge is 2.32. The number of carbonyl (C=O) groups is 1. The predicted molar refractivity (Wildman–Crippen MR) is 99.0 cm³/mol. The van der Waals surface area contributed by atoms with Gasteiger partial charge in [-0.05, 0) is 47.4 Å². The van der Waals surface area contributed by atoms with Crippen LogP contribution in [0.5, 0.6) is 0 Å². The number of halogens is 3. The molecule has 0 fully saturated rings. The van der Waals surface area contributed by atoms with Crippen molar-refractivity contribution in [3.05, 3.63) is 82.8 Å². The summed E-state index contributed by atoms with van der Waals surface area (Å²) in [5.74, 6) is -0.211. The number of hydrogen-bond acceptors (Lipinski definition) is 1. The van der Waals surface area contributed by atoms with Crippen LogP contribution >= 0.6 is 0 Å². The second-order valence-corrected chi connectivity index (χ2v) is 6.40. The Morgan fingerprint density at radius 1 is 1.15 bits per heavy atom. The standard InChI is InChI=1S/C22H18F3NO/c1-15(19-11-5-8-17-7-2-3-10-20(17)19)26-21(27)13-12-16-6-4-9-18(14-16)22(23,24)25/h2-3,5-8,10-11,14-15H,12-13H2,1H3,(H,26,27). The first-order valence-electron chi connectivity index (χ1n) is 8.61. The average Bonchev–Trinajstić information content (AvgIpc) is 2.65. The van der Waals surface area contributed by atoms with Crippen molar-refractivity contribution < 1.29 is 18.0 Å². The van der Waals surface area contributed by atoms with E-state index in [1.54, 1.807) is 0 Å². The molecule has 0 aliphatic heterocycles. The summed E-state index contributed by atoms with van der Waals surface area (Å²) in [6, 6.07) is 13.6. The van der Waals surface area contributed by atoms with Gasteiger partial charge in [-0.25, -0.2) is 0 Å². The molecule has 2 nitrogen and oxygen atoms in total. The van der Waals surface area contributed by atoms with Gasteiger partial charge in [-0.3, -0.25) is 4.79 Å². The van der Waals surface area contributed by atoms with Gasteiger partial charge >= 0.3 is 6.18 Å². The Hall–Kier alpha value is -3.00. The topological polar surface area (TPSA) is 29.1 Å². The largest absolute Gasteiger partial charge is 0.424 e. The number of hydrogen-bond donors (Lipinski definition) is 1. The minimum absolute atomic E-state index is 0.101. The summed E-state index contributed by atoms with van der Waals surface area (Å²) >= 11 is 0. The number of rotatable bonds is 5. The molecular formula is C22H18F3NO. The molecular weight excluding hydrogens is 351 g/mol. The Balaban J connectivity index is 1.62. The summed E-state index contributed by atoms with van der Waals surface area (Å²) in [4.78, 5) is 12.3. The van der Waals surface area contributed by atoms with Crippen LogP contribution in [0.15, 0.2) is 77.2 Å². The minimum Gasteiger partial charge on any atom is -0.350 e. The molecule has 0 bridgehead atoms. The van der Waals surface area contributed by atoms with E-state index in [-0.39, 0.29) is 24.8 Å². The monoisotopic (exact) mass is 369 g/mol. The Labute approximate surface area is 155 Å². The van der Waals surface area contributed by atoms with Gasteiger partial charge in [-0.2, -0.15) is 13.2 Å². The van der Waals surface area contributed by atoms with E-state index in [4.69, 9.17) is 0 Å². The van der Waals surface area contributed by atoms with E-state index in [1.165, 1.54) is 6.08 Å². The molecule has 1 amide bonds. The Morgan fingerprint density at radius 2 is 1.89 bits per heavy atom. The smallest absolute Gasteiger partial charge is 0.350 e. The number of amides is 1. The van der Waals surface area contributed by atoms with Gasteiger partial charge in [0.15, 0.2) is 0 Å². The molecule has 1 aliphatic rings. The molecule has 1 unspecified atom stereocenters. The van der Waals surface area contributed by atoms with Crippen LogP contribution in [0.4, 0.5) is 13.2 Å². The maximum atomic E-state index is 12.7. The van der Waals surface area contributed by atoms with Gasteiger partial charge in [-0.15, -0.1) is 0 Å². The van der Waals surface area contributed by atoms with Gasteiger partial charge < -0.3 is 5.32 Å². The lowest BCUT2D eigenvalue weighted by Gasteiger charge is -2.17. The van der Waals surface area contributed by atoms with Crippen LogP contribution in [-0.2, 0) is 4.79 Å². The van der Waals surface area contributed by atoms with Gasteiger partial charge in [0, 0.05) is 6.42 Å². The highest BCUT2D eigenvalue weighted by Crippen LogP contribution is 2.29. The van der Waals surface area contributed by atoms with Crippen LogP contribution in [0.1, 0.15) is 31.4 Å². The van der Waals surface area contributed by atoms with Crippen LogP contribution in [0.25, 0.3) is 10.8 Å². The number of alkyl halides is 3. The number of fused-ring (bicyclic) bond motifs is 1. The van der Waals surface area contributed by atoms with E-state index in [0.717, 1.165) is 22.4 Å². The second-order valence-electron chi connectivity index (χ2n) is 6.40. The van der Waals surface area contributed by atoms with Crippen molar-refractivity contribution in [1.29, 1.82) is 0 Å². The maximum Gasteiger partial charge on any atom is 0.424 e. The third kappa shape index (κ3) is 4.59. The SMILES string of the molecule is CC(NC(=O)CCC1=CC(C(F)(F)F)=C=C=C1)c1cccc2ccccc12. The Kier molecular flexibility index (Phi) is 5.36. The van der Waals surface area contributed by atoms with Crippen LogP contribution in [0, 0.1) is 0 Å². The third-order valence-electron chi connectivity index (χ3n) is 4.41. The van der Waals surface area contributed by atoms with Crippen molar-refractivity contribution in [3.63, 3.8) is 0 Å². The lowest BCUT2D eigenvalue weighted by Crippen LogP contribution is -2.26. The van der Waals surface area contributed by atoms with Crippen molar-refractivity contribution in [1.82, 2.24) is 5.32 Å². The van der Waals surface area contributed by atoms with E-state index in [9.17, 15) is 18.0 Å². The molecule has 0 spiro atoms. The predicted octanol–water partition coefficient (Wildman–Crippen LogP) is 5.54. The quantitative estimate of drug-likeness (QED) is 0.689. The first kappa shape index (κ1) is 18.8. The van der Waals surface area contributed by atoms with E-state index < -0.39 is 11.7 Å². The number of allylic oxidation sites excluding steroid dienone is 4. The summed E-state index contributed by atoms with van der Waals surface area (Å²) in [5, 5.41) is 5.08. The molecule has 138 valence electrons. The van der Waals surface area contributed by atoms with Gasteiger partial charge in [0.2, 0.25) is 5.91 Å². The van der Waals surface area contributed by atoms with Crippen LogP contribution in [0.2, 0.25) is 0 Å². The van der Waals surface area contributed by atoms with Crippen molar-refractivity contribution >= 4 is 16.7 Å². The van der Waals surface area contributed by atoms with Crippen molar-refractivity contribution in [2.75, 3.05) is 0 Å². The fourth-order valence-electron chi connectivity index (χ4n) is 3.04. The minimum atomic E-state index is -4.46. The fourth-order valence-corrected chi connectivity index (χ4v) is 3.04. The zero-order chi connectivity index (χ0) is 19.4. The van der Waals surface area contributed by atoms with Gasteiger partial charge in [0.25, 0.3) is 0 Å². The normalized spacial score (nSPS) is 14.7. The summed E-state index contributed by atoms with van der Waals surface area (Å²) in [6.07, 6.45) is -1.71. The van der Waals surface area contributed by atoms with Crippen LogP contribution < -0.4 is 5.32 Å². The average molecular weight is 369 g/mol. The van der Waals surface area contributed by atoms with Crippen molar-refractivity contribution in [3.8, 4) is 0 Å². The lowest BCUT2D eigenvalue weighted by molar-refractivity contribution is -0.121. The molecule has 2 aromatic rings. The highest BCUT2D eigenvalue weighted by atomic mass is 19.4. The first-order chi connectivity index (χ1) is 12.8. The summed E-state index contributed by atoms with van der Waals surface area (Å²) in [6.45, 7) is 1.90. The molecule has 0 radical (unpaired) electrons. The van der Waals surface area contributed by atoms with Crippen molar-refractivity contribution in [2.24, 2.45) is 0 Å². The van der Waals surface area contributed by atoms with E-state index >= 15 is 0 Å². The molecule has 1 atom stereocenters. The molecule has 1 aliphatic carbocycles. The van der Waals surface area contributed by atoms with Gasteiger partial charge in [-0.1, -0.05) is 53.9 Å². The molecule has 3 rings (SSSR count). The maximum absolute atomic E-state index is 12.7. The Bertz CT molecular complexity index is 998. The highest BCUT2D eigenvalue weighted by molar-refractivity contribution is 5.87. The van der Waals surface area contributed by atoms with E-state index in [2.05, 4.69) is 16.8 Å². The van der Waals surface area contributed by atoms with Crippen molar-refractivity contribution in [2.45, 2.75) is 32.0 Å². The number of carbonyl (C=O) groups excluding carboxylic acids is 1. The zero-order valence-corrected chi connectivity index (χ0v) is 14.7. The van der Waals surface area contributed by atoms with E-state index in [1.807, 2.05) is 49.4 Å². The molecule has 0 aromatic heterocycles. The fraction of sp³-hybridized carbons (Fsp3) is 0.227. The van der Waals surface area contributed by atoms with Gasteiger partial charge in [0.1, 0.15) is 5.57 Å². The number of nitrogens with one attached hydrogen (secondary N) is 1. The number of benzene rings is 2. The summed E-state index contributed by atoms with van der Waals surface area (Å²) in [5.41, 5.74) is 4.97. The molecule has 0 saturated carbocycles.